The van der Waals surface area contributed by atoms with Crippen LogP contribution in [0.2, 0.25) is 0 Å². The standard InChI is InChI=1S/C6H9N.C5H7N/c1-3-6(4-2)5-7;1-3-5(2)4-6/h3,6H,1,4H2,2H3;3,5H,1H2,2H3. The molecule has 0 aliphatic heterocycles. The molecule has 0 radical (unpaired) electrons. The maximum Gasteiger partial charge on any atom is 0.0697 e. The van der Waals surface area contributed by atoms with Gasteiger partial charge >= 0.3 is 0 Å². The van der Waals surface area contributed by atoms with E-state index in [0.717, 1.165) is 6.42 Å². The molecular weight excluding hydrogens is 160 g/mol. The summed E-state index contributed by atoms with van der Waals surface area (Å²) in [6, 6.07) is 4.08. The second kappa shape index (κ2) is 10.5. The third kappa shape index (κ3) is 10.5. The minimum atomic E-state index is 0.00463. The van der Waals surface area contributed by atoms with Crippen molar-refractivity contribution in [3.63, 3.8) is 0 Å². The summed E-state index contributed by atoms with van der Waals surface area (Å²) in [7, 11) is 0. The molecule has 13 heavy (non-hydrogen) atoms. The van der Waals surface area contributed by atoms with Crippen LogP contribution in [-0.4, -0.2) is 0 Å². The Morgan fingerprint density at radius 1 is 1.23 bits per heavy atom. The highest BCUT2D eigenvalue weighted by molar-refractivity contribution is 4.93. The van der Waals surface area contributed by atoms with Gasteiger partial charge in [0, 0.05) is 0 Å². The van der Waals surface area contributed by atoms with Crippen LogP contribution in [0.3, 0.4) is 0 Å². The highest BCUT2D eigenvalue weighted by Gasteiger charge is 1.92. The first-order valence-electron chi connectivity index (χ1n) is 4.20. The van der Waals surface area contributed by atoms with Gasteiger partial charge in [-0.1, -0.05) is 19.1 Å². The van der Waals surface area contributed by atoms with Crippen LogP contribution in [0.5, 0.6) is 0 Å². The van der Waals surface area contributed by atoms with E-state index < -0.39 is 0 Å². The van der Waals surface area contributed by atoms with Gasteiger partial charge in [0.25, 0.3) is 0 Å². The zero-order valence-corrected chi connectivity index (χ0v) is 8.33. The predicted molar refractivity (Wildman–Crippen MR) is 54.6 cm³/mol. The fraction of sp³-hybridized carbons (Fsp3) is 0.455. The molecule has 0 aromatic rings. The van der Waals surface area contributed by atoms with Crippen LogP contribution in [0.25, 0.3) is 0 Å². The van der Waals surface area contributed by atoms with Gasteiger partial charge in [-0.05, 0) is 13.3 Å². The van der Waals surface area contributed by atoms with Crippen molar-refractivity contribution in [2.24, 2.45) is 11.8 Å². The molecule has 70 valence electrons. The lowest BCUT2D eigenvalue weighted by Crippen LogP contribution is -1.84. The molecule has 2 unspecified atom stereocenters. The summed E-state index contributed by atoms with van der Waals surface area (Å²) in [6.07, 6.45) is 4.15. The third-order valence-corrected chi connectivity index (χ3v) is 1.45. The molecule has 0 amide bonds. The van der Waals surface area contributed by atoms with Crippen LogP contribution < -0.4 is 0 Å². The highest BCUT2D eigenvalue weighted by atomic mass is 14.2. The van der Waals surface area contributed by atoms with Crippen LogP contribution in [0.1, 0.15) is 20.3 Å². The lowest BCUT2D eigenvalue weighted by atomic mass is 10.1. The highest BCUT2D eigenvalue weighted by Crippen LogP contribution is 1.98. The van der Waals surface area contributed by atoms with Gasteiger partial charge in [0.15, 0.2) is 0 Å². The molecule has 0 N–H and O–H groups in total. The Balaban J connectivity index is 0. The molecule has 0 heterocycles. The minimum absolute atomic E-state index is 0.00463. The van der Waals surface area contributed by atoms with Gasteiger partial charge in [0.05, 0.1) is 24.0 Å². The lowest BCUT2D eigenvalue weighted by molar-refractivity contribution is 0.790. The van der Waals surface area contributed by atoms with E-state index in [0.29, 0.717) is 0 Å². The predicted octanol–water partition coefficient (Wildman–Crippen LogP) is 3.05. The zero-order valence-electron chi connectivity index (χ0n) is 8.33. The fourth-order valence-corrected chi connectivity index (χ4v) is 0.363. The van der Waals surface area contributed by atoms with Gasteiger partial charge in [0.1, 0.15) is 0 Å². The molecular formula is C11H16N2. The minimum Gasteiger partial charge on any atom is -0.198 e. The SMILES string of the molecule is C=CC(C#N)CC.C=CC(C)C#N. The molecule has 0 bridgehead atoms. The molecule has 0 rings (SSSR count). The maximum atomic E-state index is 8.20. The zero-order chi connectivity index (χ0) is 10.7. The van der Waals surface area contributed by atoms with E-state index in [1.807, 2.05) is 13.0 Å². The molecule has 0 fully saturated rings. The quantitative estimate of drug-likeness (QED) is 0.620. The van der Waals surface area contributed by atoms with Gasteiger partial charge in [0.2, 0.25) is 0 Å². The Bertz CT molecular complexity index is 217. The molecule has 0 spiro atoms. The average molecular weight is 176 g/mol. The second-order valence-corrected chi connectivity index (χ2v) is 2.53. The van der Waals surface area contributed by atoms with Crippen molar-refractivity contribution < 1.29 is 0 Å². The van der Waals surface area contributed by atoms with E-state index in [4.69, 9.17) is 10.5 Å². The lowest BCUT2D eigenvalue weighted by Gasteiger charge is -1.90. The largest absolute Gasteiger partial charge is 0.198 e. The molecule has 0 aromatic carbocycles. The monoisotopic (exact) mass is 176 g/mol. The Morgan fingerprint density at radius 3 is 1.77 bits per heavy atom. The number of hydrogen-bond acceptors (Lipinski definition) is 2. The van der Waals surface area contributed by atoms with E-state index in [1.165, 1.54) is 0 Å². The molecule has 0 saturated carbocycles. The molecule has 2 nitrogen and oxygen atoms in total. The first kappa shape index (κ1) is 14.0. The van der Waals surface area contributed by atoms with Crippen LogP contribution in [0.15, 0.2) is 25.3 Å². The number of nitriles is 2. The first-order chi connectivity index (χ1) is 6.15. The topological polar surface area (TPSA) is 47.6 Å². The smallest absolute Gasteiger partial charge is 0.0697 e. The van der Waals surface area contributed by atoms with Crippen molar-refractivity contribution in [3.05, 3.63) is 25.3 Å². The Hall–Kier alpha value is -1.54. The van der Waals surface area contributed by atoms with E-state index >= 15 is 0 Å². The number of nitrogens with zero attached hydrogens (tertiary/aromatic N) is 2. The fourth-order valence-electron chi connectivity index (χ4n) is 0.363. The van der Waals surface area contributed by atoms with E-state index in [2.05, 4.69) is 19.2 Å². The number of hydrogen-bond donors (Lipinski definition) is 0. The molecule has 0 aromatic heterocycles. The van der Waals surface area contributed by atoms with Crippen molar-refractivity contribution in [2.75, 3.05) is 0 Å². The maximum absolute atomic E-state index is 8.20. The van der Waals surface area contributed by atoms with Crippen LogP contribution in [0.4, 0.5) is 0 Å². The van der Waals surface area contributed by atoms with Gasteiger partial charge in [-0.3, -0.25) is 0 Å². The van der Waals surface area contributed by atoms with Crippen molar-refractivity contribution in [3.8, 4) is 12.1 Å². The molecule has 0 aliphatic carbocycles. The first-order valence-corrected chi connectivity index (χ1v) is 4.20. The van der Waals surface area contributed by atoms with Crippen LogP contribution in [-0.2, 0) is 0 Å². The summed E-state index contributed by atoms with van der Waals surface area (Å²) < 4.78 is 0. The molecule has 2 heteroatoms. The van der Waals surface area contributed by atoms with Gasteiger partial charge < -0.3 is 0 Å². The van der Waals surface area contributed by atoms with Crippen LogP contribution >= 0.6 is 0 Å². The van der Waals surface area contributed by atoms with Crippen molar-refractivity contribution in [1.29, 1.82) is 10.5 Å². The third-order valence-electron chi connectivity index (χ3n) is 1.45. The van der Waals surface area contributed by atoms with Gasteiger partial charge in [-0.2, -0.15) is 10.5 Å². The summed E-state index contributed by atoms with van der Waals surface area (Å²) in [5, 5.41) is 16.2. The molecule has 0 saturated heterocycles. The Labute approximate surface area is 80.8 Å². The van der Waals surface area contributed by atoms with Crippen molar-refractivity contribution >= 4 is 0 Å². The molecule has 2 atom stereocenters. The summed E-state index contributed by atoms with van der Waals surface area (Å²) in [4.78, 5) is 0. The molecule has 0 aliphatic rings. The van der Waals surface area contributed by atoms with E-state index in [9.17, 15) is 0 Å². The van der Waals surface area contributed by atoms with Crippen LogP contribution in [0, 0.1) is 34.5 Å². The van der Waals surface area contributed by atoms with Gasteiger partial charge in [-0.15, -0.1) is 13.2 Å². The second-order valence-electron chi connectivity index (χ2n) is 2.53. The van der Waals surface area contributed by atoms with Crippen molar-refractivity contribution in [1.82, 2.24) is 0 Å². The van der Waals surface area contributed by atoms with Gasteiger partial charge in [-0.25, -0.2) is 0 Å². The summed E-state index contributed by atoms with van der Waals surface area (Å²) in [6.45, 7) is 10.7. The number of rotatable bonds is 3. The van der Waals surface area contributed by atoms with E-state index in [-0.39, 0.29) is 11.8 Å². The summed E-state index contributed by atoms with van der Waals surface area (Å²) in [5.74, 6) is 0.0602. The van der Waals surface area contributed by atoms with Crippen molar-refractivity contribution in [2.45, 2.75) is 20.3 Å². The number of allylic oxidation sites excluding steroid dienone is 2. The normalized spacial score (nSPS) is 12.0. The summed E-state index contributed by atoms with van der Waals surface area (Å²) >= 11 is 0. The van der Waals surface area contributed by atoms with E-state index in [1.54, 1.807) is 19.1 Å². The Kier molecular flexibility index (Phi) is 11.3. The average Bonchev–Trinajstić information content (AvgIpc) is 2.20. The Morgan fingerprint density at radius 2 is 1.77 bits per heavy atom. The summed E-state index contributed by atoms with van der Waals surface area (Å²) in [5.41, 5.74) is 0.